The summed E-state index contributed by atoms with van der Waals surface area (Å²) in [6.07, 6.45) is 3.12. The number of hydrogen-bond acceptors (Lipinski definition) is 5. The van der Waals surface area contributed by atoms with Crippen molar-refractivity contribution in [2.75, 3.05) is 13.7 Å². The molecule has 0 saturated heterocycles. The Morgan fingerprint density at radius 2 is 2.25 bits per heavy atom. The van der Waals surface area contributed by atoms with Crippen LogP contribution < -0.4 is 10.0 Å². The van der Waals surface area contributed by atoms with Crippen molar-refractivity contribution in [2.24, 2.45) is 0 Å². The molecule has 1 atom stereocenters. The Bertz CT molecular complexity index is 523. The number of hydrogen-bond donors (Lipinski definition) is 2. The van der Waals surface area contributed by atoms with Crippen molar-refractivity contribution < 1.29 is 13.2 Å². The van der Waals surface area contributed by atoms with Crippen LogP contribution in [0.4, 0.5) is 0 Å². The highest BCUT2D eigenvalue weighted by molar-refractivity contribution is 7.91. The summed E-state index contributed by atoms with van der Waals surface area (Å²) in [4.78, 5) is 0. The van der Waals surface area contributed by atoms with Crippen LogP contribution in [0, 0.1) is 0 Å². The average Bonchev–Trinajstić information content (AvgIpc) is 3.09. The molecule has 1 heterocycles. The van der Waals surface area contributed by atoms with Gasteiger partial charge in [0.1, 0.15) is 4.21 Å². The molecule has 1 aromatic heterocycles. The van der Waals surface area contributed by atoms with Gasteiger partial charge in [-0.3, -0.25) is 0 Å². The summed E-state index contributed by atoms with van der Waals surface area (Å²) >= 11 is 1.27. The first-order valence-electron chi connectivity index (χ1n) is 6.83. The Kier molecular flexibility index (Phi) is 5.57. The molecule has 1 saturated carbocycles. The first-order chi connectivity index (χ1) is 9.51. The molecule has 114 valence electrons. The van der Waals surface area contributed by atoms with Gasteiger partial charge in [-0.2, -0.15) is 0 Å². The Morgan fingerprint density at radius 1 is 1.50 bits per heavy atom. The van der Waals surface area contributed by atoms with E-state index in [0.29, 0.717) is 23.3 Å². The van der Waals surface area contributed by atoms with Crippen LogP contribution in [0.5, 0.6) is 0 Å². The molecule has 0 aromatic carbocycles. The van der Waals surface area contributed by atoms with Gasteiger partial charge in [0.25, 0.3) is 0 Å². The summed E-state index contributed by atoms with van der Waals surface area (Å²) in [6.45, 7) is 3.14. The maximum absolute atomic E-state index is 12.2. The van der Waals surface area contributed by atoms with Crippen LogP contribution in [-0.2, 0) is 21.3 Å². The highest BCUT2D eigenvalue weighted by Crippen LogP contribution is 2.23. The molecule has 5 nitrogen and oxygen atoms in total. The molecule has 1 unspecified atom stereocenters. The minimum Gasteiger partial charge on any atom is -0.385 e. The molecule has 7 heteroatoms. The van der Waals surface area contributed by atoms with Crippen molar-refractivity contribution in [1.29, 1.82) is 0 Å². The van der Waals surface area contributed by atoms with Gasteiger partial charge >= 0.3 is 0 Å². The van der Waals surface area contributed by atoms with Gasteiger partial charge < -0.3 is 10.1 Å². The summed E-state index contributed by atoms with van der Waals surface area (Å²) in [7, 11) is -1.80. The fraction of sp³-hybridized carbons (Fsp3) is 0.692. The van der Waals surface area contributed by atoms with Gasteiger partial charge in [-0.15, -0.1) is 11.3 Å². The monoisotopic (exact) mass is 318 g/mol. The lowest BCUT2D eigenvalue weighted by molar-refractivity contribution is 0.188. The van der Waals surface area contributed by atoms with Crippen molar-refractivity contribution in [3.63, 3.8) is 0 Å². The maximum Gasteiger partial charge on any atom is 0.250 e. The van der Waals surface area contributed by atoms with Gasteiger partial charge in [-0.05, 0) is 43.2 Å². The van der Waals surface area contributed by atoms with Crippen LogP contribution in [0.3, 0.4) is 0 Å². The van der Waals surface area contributed by atoms with Crippen LogP contribution in [0.1, 0.15) is 31.7 Å². The van der Waals surface area contributed by atoms with E-state index in [2.05, 4.69) is 10.0 Å². The molecule has 1 aliphatic carbocycles. The van der Waals surface area contributed by atoms with E-state index in [1.165, 1.54) is 24.2 Å². The van der Waals surface area contributed by atoms with Gasteiger partial charge in [-0.25, -0.2) is 13.1 Å². The van der Waals surface area contributed by atoms with E-state index in [0.717, 1.165) is 12.1 Å². The summed E-state index contributed by atoms with van der Waals surface area (Å²) in [5, 5.41) is 5.29. The zero-order valence-corrected chi connectivity index (χ0v) is 13.5. The van der Waals surface area contributed by atoms with Crippen molar-refractivity contribution in [1.82, 2.24) is 10.0 Å². The predicted octanol–water partition coefficient (Wildman–Crippen LogP) is 1.70. The molecule has 2 rings (SSSR count). The SMILES string of the molecule is COCCC(C)NS(=O)(=O)c1cc(CNC2CC2)cs1. The lowest BCUT2D eigenvalue weighted by atomic mass is 10.3. The fourth-order valence-electron chi connectivity index (χ4n) is 1.81. The van der Waals surface area contributed by atoms with Crippen molar-refractivity contribution in [2.45, 2.75) is 49.0 Å². The predicted molar refractivity (Wildman–Crippen MR) is 80.5 cm³/mol. The Balaban J connectivity index is 1.90. The fourth-order valence-corrected chi connectivity index (χ4v) is 4.32. The van der Waals surface area contributed by atoms with Gasteiger partial charge in [-0.1, -0.05) is 0 Å². The van der Waals surface area contributed by atoms with Crippen molar-refractivity contribution in [3.8, 4) is 0 Å². The number of rotatable bonds is 9. The molecular formula is C13H22N2O3S2. The van der Waals surface area contributed by atoms with Gasteiger partial charge in [0.15, 0.2) is 0 Å². The van der Waals surface area contributed by atoms with Crippen molar-refractivity contribution in [3.05, 3.63) is 17.0 Å². The highest BCUT2D eigenvalue weighted by Gasteiger charge is 2.22. The molecule has 0 bridgehead atoms. The third kappa shape index (κ3) is 4.82. The third-order valence-corrected chi connectivity index (χ3v) is 6.26. The summed E-state index contributed by atoms with van der Waals surface area (Å²) in [6, 6.07) is 2.25. The molecule has 1 fully saturated rings. The molecular weight excluding hydrogens is 296 g/mol. The van der Waals surface area contributed by atoms with E-state index < -0.39 is 10.0 Å². The van der Waals surface area contributed by atoms with Crippen molar-refractivity contribution >= 4 is 21.4 Å². The first-order valence-corrected chi connectivity index (χ1v) is 9.19. The largest absolute Gasteiger partial charge is 0.385 e. The number of methoxy groups -OCH3 is 1. The van der Waals surface area contributed by atoms with E-state index in [9.17, 15) is 8.42 Å². The molecule has 2 N–H and O–H groups in total. The van der Waals surface area contributed by atoms with E-state index in [1.54, 1.807) is 13.2 Å². The molecule has 0 radical (unpaired) electrons. The minimum atomic E-state index is -3.41. The molecule has 0 aliphatic heterocycles. The second-order valence-electron chi connectivity index (χ2n) is 5.23. The Labute approximate surface area is 124 Å². The lowest BCUT2D eigenvalue weighted by Gasteiger charge is -2.12. The van der Waals surface area contributed by atoms with Crippen LogP contribution in [0.25, 0.3) is 0 Å². The summed E-state index contributed by atoms with van der Waals surface area (Å²) in [5.41, 5.74) is 1.03. The minimum absolute atomic E-state index is 0.130. The van der Waals surface area contributed by atoms with Gasteiger partial charge in [0.05, 0.1) is 0 Å². The quantitative estimate of drug-likeness (QED) is 0.727. The topological polar surface area (TPSA) is 67.4 Å². The number of thiophene rings is 1. The molecule has 0 spiro atoms. The summed E-state index contributed by atoms with van der Waals surface area (Å²) < 4.78 is 32.4. The van der Waals surface area contributed by atoms with E-state index in [4.69, 9.17) is 4.74 Å². The van der Waals surface area contributed by atoms with Crippen LogP contribution in [0.2, 0.25) is 0 Å². The second kappa shape index (κ2) is 7.00. The van der Waals surface area contributed by atoms with Crippen LogP contribution in [0.15, 0.2) is 15.7 Å². The van der Waals surface area contributed by atoms with Gasteiger partial charge in [0.2, 0.25) is 10.0 Å². The Morgan fingerprint density at radius 3 is 2.90 bits per heavy atom. The van der Waals surface area contributed by atoms with Crippen LogP contribution in [-0.4, -0.2) is 34.2 Å². The smallest absolute Gasteiger partial charge is 0.250 e. The second-order valence-corrected chi connectivity index (χ2v) is 8.09. The highest BCUT2D eigenvalue weighted by atomic mass is 32.2. The Hall–Kier alpha value is -0.470. The van der Waals surface area contributed by atoms with E-state index >= 15 is 0 Å². The molecule has 20 heavy (non-hydrogen) atoms. The van der Waals surface area contributed by atoms with E-state index in [-0.39, 0.29) is 6.04 Å². The lowest BCUT2D eigenvalue weighted by Crippen LogP contribution is -2.32. The zero-order valence-electron chi connectivity index (χ0n) is 11.9. The first kappa shape index (κ1) is 15.9. The third-order valence-electron chi connectivity index (χ3n) is 3.18. The molecule has 1 aliphatic rings. The number of ether oxygens (including phenoxy) is 1. The zero-order chi connectivity index (χ0) is 14.6. The maximum atomic E-state index is 12.2. The summed E-state index contributed by atoms with van der Waals surface area (Å²) in [5.74, 6) is 0. The molecule has 1 aromatic rings. The van der Waals surface area contributed by atoms with Crippen LogP contribution >= 0.6 is 11.3 Å². The van der Waals surface area contributed by atoms with Gasteiger partial charge in [0, 0.05) is 32.3 Å². The standard InChI is InChI=1S/C13H22N2O3S2/c1-10(5-6-18-2)15-20(16,17)13-7-11(9-19-13)8-14-12-3-4-12/h7,9-10,12,14-15H,3-6,8H2,1-2H3. The average molecular weight is 318 g/mol. The molecule has 0 amide bonds. The number of nitrogens with one attached hydrogen (secondary N) is 2. The number of sulfonamides is 1. The van der Waals surface area contributed by atoms with E-state index in [1.807, 2.05) is 12.3 Å². The normalized spacial score (nSPS) is 17.3.